The molecule has 1 aromatic rings. The molecule has 2 N–H and O–H groups in total. The lowest BCUT2D eigenvalue weighted by atomic mass is 9.98. The lowest BCUT2D eigenvalue weighted by Crippen LogP contribution is -2.35. The summed E-state index contributed by atoms with van der Waals surface area (Å²) in [5.41, 5.74) is 2.13. The molecular weight excluding hydrogens is 296 g/mol. The molecule has 0 aromatic heterocycles. The number of nitrogens with one attached hydrogen (secondary N) is 1. The zero-order valence-corrected chi connectivity index (χ0v) is 14.0. The second kappa shape index (κ2) is 8.17. The SMILES string of the molecule is COc1ccc2c(c1OCC(O)CNC(C)C)CCN(C=O)C2. The standard InChI is InChI=1S/C17H26N2O4/c1-12(2)18-8-14(21)10-23-17-15-6-7-19(11-20)9-13(15)4-5-16(17)22-3/h4-5,11-12,14,18,21H,6-10H2,1-3H3. The van der Waals surface area contributed by atoms with Crippen molar-refractivity contribution in [2.24, 2.45) is 0 Å². The minimum atomic E-state index is -0.590. The third-order valence-electron chi connectivity index (χ3n) is 3.89. The molecule has 1 aromatic carbocycles. The summed E-state index contributed by atoms with van der Waals surface area (Å²) in [6.45, 7) is 5.98. The summed E-state index contributed by atoms with van der Waals surface area (Å²) in [7, 11) is 1.60. The smallest absolute Gasteiger partial charge is 0.210 e. The number of aliphatic hydroxyl groups is 1. The van der Waals surface area contributed by atoms with Crippen LogP contribution in [0.1, 0.15) is 25.0 Å². The molecule has 0 aliphatic carbocycles. The van der Waals surface area contributed by atoms with Gasteiger partial charge in [-0.15, -0.1) is 0 Å². The van der Waals surface area contributed by atoms with Crippen LogP contribution in [-0.4, -0.2) is 55.4 Å². The van der Waals surface area contributed by atoms with Gasteiger partial charge in [0.25, 0.3) is 0 Å². The molecule has 128 valence electrons. The normalized spacial score (nSPS) is 15.3. The molecule has 1 unspecified atom stereocenters. The zero-order valence-electron chi connectivity index (χ0n) is 14.0. The van der Waals surface area contributed by atoms with Crippen LogP contribution in [0.4, 0.5) is 0 Å². The topological polar surface area (TPSA) is 71.0 Å². The molecule has 6 nitrogen and oxygen atoms in total. The average Bonchev–Trinajstić information content (AvgIpc) is 2.56. The summed E-state index contributed by atoms with van der Waals surface area (Å²) in [5.74, 6) is 1.34. The fraction of sp³-hybridized carbons (Fsp3) is 0.588. The highest BCUT2D eigenvalue weighted by Gasteiger charge is 2.22. The van der Waals surface area contributed by atoms with Gasteiger partial charge in [0.05, 0.1) is 7.11 Å². The number of hydrogen-bond acceptors (Lipinski definition) is 5. The van der Waals surface area contributed by atoms with Crippen molar-refractivity contribution >= 4 is 6.41 Å². The van der Waals surface area contributed by atoms with Gasteiger partial charge in [-0.3, -0.25) is 4.79 Å². The summed E-state index contributed by atoms with van der Waals surface area (Å²) in [5, 5.41) is 13.2. The van der Waals surface area contributed by atoms with Gasteiger partial charge in [-0.2, -0.15) is 0 Å². The molecule has 1 heterocycles. The van der Waals surface area contributed by atoms with Crippen molar-refractivity contribution in [3.05, 3.63) is 23.3 Å². The van der Waals surface area contributed by atoms with Gasteiger partial charge in [-0.1, -0.05) is 19.9 Å². The highest BCUT2D eigenvalue weighted by atomic mass is 16.5. The largest absolute Gasteiger partial charge is 0.493 e. The number of hydrogen-bond donors (Lipinski definition) is 2. The number of carbonyl (C=O) groups excluding carboxylic acids is 1. The molecule has 0 bridgehead atoms. The molecule has 1 aliphatic heterocycles. The highest BCUT2D eigenvalue weighted by molar-refractivity contribution is 5.55. The number of rotatable bonds is 8. The van der Waals surface area contributed by atoms with E-state index in [2.05, 4.69) is 5.32 Å². The number of amides is 1. The Morgan fingerprint density at radius 2 is 2.22 bits per heavy atom. The average molecular weight is 322 g/mol. The van der Waals surface area contributed by atoms with Crippen molar-refractivity contribution in [2.45, 2.75) is 39.0 Å². The van der Waals surface area contributed by atoms with Gasteiger partial charge in [0, 0.05) is 31.2 Å². The Bertz CT molecular complexity index is 534. The zero-order chi connectivity index (χ0) is 16.8. The van der Waals surface area contributed by atoms with Crippen LogP contribution < -0.4 is 14.8 Å². The van der Waals surface area contributed by atoms with Crippen LogP contribution in [-0.2, 0) is 17.8 Å². The summed E-state index contributed by atoms with van der Waals surface area (Å²) in [4.78, 5) is 12.7. The van der Waals surface area contributed by atoms with Crippen LogP contribution in [0.25, 0.3) is 0 Å². The number of carbonyl (C=O) groups is 1. The second-order valence-electron chi connectivity index (χ2n) is 6.09. The van der Waals surface area contributed by atoms with Crippen molar-refractivity contribution in [2.75, 3.05) is 26.8 Å². The Kier molecular flexibility index (Phi) is 6.24. The van der Waals surface area contributed by atoms with Gasteiger partial charge < -0.3 is 24.8 Å². The maximum absolute atomic E-state index is 10.9. The van der Waals surface area contributed by atoms with Crippen LogP contribution in [0.3, 0.4) is 0 Å². The van der Waals surface area contributed by atoms with E-state index in [1.54, 1.807) is 12.0 Å². The van der Waals surface area contributed by atoms with Crippen LogP contribution in [0.5, 0.6) is 11.5 Å². The van der Waals surface area contributed by atoms with E-state index >= 15 is 0 Å². The number of nitrogens with zero attached hydrogens (tertiary/aromatic N) is 1. The molecule has 1 amide bonds. The van der Waals surface area contributed by atoms with Crippen molar-refractivity contribution in [1.29, 1.82) is 0 Å². The van der Waals surface area contributed by atoms with E-state index in [1.807, 2.05) is 26.0 Å². The molecule has 1 atom stereocenters. The Morgan fingerprint density at radius 3 is 2.87 bits per heavy atom. The molecule has 0 radical (unpaired) electrons. The summed E-state index contributed by atoms with van der Waals surface area (Å²) in [6.07, 6.45) is 1.00. The maximum atomic E-state index is 10.9. The molecule has 0 saturated heterocycles. The summed E-state index contributed by atoms with van der Waals surface area (Å²) < 4.78 is 11.3. The van der Waals surface area contributed by atoms with Crippen molar-refractivity contribution in [3.8, 4) is 11.5 Å². The quantitative estimate of drug-likeness (QED) is 0.697. The van der Waals surface area contributed by atoms with E-state index in [0.29, 0.717) is 37.2 Å². The number of fused-ring (bicyclic) bond motifs is 1. The Balaban J connectivity index is 2.09. The van der Waals surface area contributed by atoms with Gasteiger partial charge in [0.1, 0.15) is 12.7 Å². The van der Waals surface area contributed by atoms with Crippen molar-refractivity contribution in [1.82, 2.24) is 10.2 Å². The maximum Gasteiger partial charge on any atom is 0.210 e. The number of ether oxygens (including phenoxy) is 2. The van der Waals surface area contributed by atoms with Gasteiger partial charge in [-0.25, -0.2) is 0 Å². The van der Waals surface area contributed by atoms with E-state index in [4.69, 9.17) is 9.47 Å². The lowest BCUT2D eigenvalue weighted by molar-refractivity contribution is -0.118. The molecular formula is C17H26N2O4. The first-order valence-corrected chi connectivity index (χ1v) is 7.97. The van der Waals surface area contributed by atoms with Crippen LogP contribution in [0.2, 0.25) is 0 Å². The molecule has 1 aliphatic rings. The molecule has 0 saturated carbocycles. The lowest BCUT2D eigenvalue weighted by Gasteiger charge is -2.28. The van der Waals surface area contributed by atoms with E-state index in [1.165, 1.54) is 0 Å². The third kappa shape index (κ3) is 4.59. The van der Waals surface area contributed by atoms with Crippen LogP contribution in [0.15, 0.2) is 12.1 Å². The first-order valence-electron chi connectivity index (χ1n) is 7.97. The Labute approximate surface area is 137 Å². The summed E-state index contributed by atoms with van der Waals surface area (Å²) in [6, 6.07) is 4.13. The Hall–Kier alpha value is -1.79. The van der Waals surface area contributed by atoms with E-state index < -0.39 is 6.10 Å². The van der Waals surface area contributed by atoms with E-state index in [-0.39, 0.29) is 6.61 Å². The van der Waals surface area contributed by atoms with Crippen LogP contribution in [0, 0.1) is 0 Å². The predicted octanol–water partition coefficient (Wildman–Crippen LogP) is 0.947. The molecule has 0 fully saturated rings. The van der Waals surface area contributed by atoms with Gasteiger partial charge in [-0.05, 0) is 18.1 Å². The van der Waals surface area contributed by atoms with Gasteiger partial charge in [0.15, 0.2) is 11.5 Å². The minimum Gasteiger partial charge on any atom is -0.493 e. The monoisotopic (exact) mass is 322 g/mol. The van der Waals surface area contributed by atoms with E-state index in [0.717, 1.165) is 24.0 Å². The second-order valence-corrected chi connectivity index (χ2v) is 6.09. The molecule has 2 rings (SSSR count). The third-order valence-corrected chi connectivity index (χ3v) is 3.89. The van der Waals surface area contributed by atoms with Crippen LogP contribution >= 0.6 is 0 Å². The van der Waals surface area contributed by atoms with E-state index in [9.17, 15) is 9.90 Å². The first-order chi connectivity index (χ1) is 11.0. The molecule has 6 heteroatoms. The van der Waals surface area contributed by atoms with Gasteiger partial charge >= 0.3 is 0 Å². The van der Waals surface area contributed by atoms with Crippen molar-refractivity contribution < 1.29 is 19.4 Å². The number of aliphatic hydroxyl groups excluding tert-OH is 1. The van der Waals surface area contributed by atoms with Crippen molar-refractivity contribution in [3.63, 3.8) is 0 Å². The number of benzene rings is 1. The fourth-order valence-electron chi connectivity index (χ4n) is 2.64. The highest BCUT2D eigenvalue weighted by Crippen LogP contribution is 2.36. The predicted molar refractivity (Wildman–Crippen MR) is 87.8 cm³/mol. The fourth-order valence-corrected chi connectivity index (χ4v) is 2.64. The minimum absolute atomic E-state index is 0.198. The first kappa shape index (κ1) is 17.6. The summed E-state index contributed by atoms with van der Waals surface area (Å²) >= 11 is 0. The molecule has 0 spiro atoms. The molecule has 23 heavy (non-hydrogen) atoms. The van der Waals surface area contributed by atoms with Gasteiger partial charge in [0.2, 0.25) is 6.41 Å². The Morgan fingerprint density at radius 1 is 1.43 bits per heavy atom. The number of methoxy groups -OCH3 is 1.